The van der Waals surface area contributed by atoms with Crippen LogP contribution in [0.2, 0.25) is 0 Å². The number of carboxylic acid groups (broad SMARTS) is 1. The summed E-state index contributed by atoms with van der Waals surface area (Å²) >= 11 is 0. The smallest absolute Gasteiger partial charge is 0.328 e. The second kappa shape index (κ2) is 3.53. The maximum absolute atomic E-state index is 10.2. The first kappa shape index (κ1) is 10.2. The van der Waals surface area contributed by atoms with Crippen LogP contribution in [-0.2, 0) is 4.79 Å². The van der Waals surface area contributed by atoms with Crippen LogP contribution in [0, 0.1) is 0 Å². The molecule has 0 spiro atoms. The summed E-state index contributed by atoms with van der Waals surface area (Å²) in [6, 6.07) is 0. The summed E-state index contributed by atoms with van der Waals surface area (Å²) in [7, 11) is 0. The van der Waals surface area contributed by atoms with E-state index in [2.05, 4.69) is 0 Å². The molecular weight excluding hydrogens is 142 g/mol. The monoisotopic (exact) mass is 157 g/mol. The third-order valence-corrected chi connectivity index (χ3v) is 1.10. The van der Waals surface area contributed by atoms with Crippen LogP contribution in [0.4, 0.5) is 0 Å². The Labute approximate surface area is 66.9 Å². The van der Waals surface area contributed by atoms with E-state index < -0.39 is 5.97 Å². The predicted molar refractivity (Wildman–Crippen MR) is 44.3 cm³/mol. The van der Waals surface area contributed by atoms with Gasteiger partial charge in [0.05, 0.1) is 0 Å². The fourth-order valence-corrected chi connectivity index (χ4v) is 0.980. The molecule has 3 N–H and O–H groups in total. The molecule has 0 aromatic carbocycles. The SMILES string of the molecule is C/C(=C/C(=O)O)CC(C)(C)N. The lowest BCUT2D eigenvalue weighted by molar-refractivity contribution is -0.131. The molecule has 0 fully saturated rings. The number of hydrogen-bond donors (Lipinski definition) is 2. The van der Waals surface area contributed by atoms with Crippen molar-refractivity contribution >= 4 is 5.97 Å². The highest BCUT2D eigenvalue weighted by Gasteiger charge is 2.11. The molecule has 3 nitrogen and oxygen atoms in total. The molecule has 0 aromatic heterocycles. The van der Waals surface area contributed by atoms with Crippen molar-refractivity contribution in [3.63, 3.8) is 0 Å². The van der Waals surface area contributed by atoms with Gasteiger partial charge in [-0.15, -0.1) is 0 Å². The van der Waals surface area contributed by atoms with E-state index in [1.807, 2.05) is 13.8 Å². The third-order valence-electron chi connectivity index (χ3n) is 1.10. The van der Waals surface area contributed by atoms with E-state index in [1.165, 1.54) is 6.08 Å². The van der Waals surface area contributed by atoms with Crippen molar-refractivity contribution in [2.24, 2.45) is 5.73 Å². The number of aliphatic carboxylic acids is 1. The molecule has 0 aliphatic heterocycles. The van der Waals surface area contributed by atoms with Crippen LogP contribution >= 0.6 is 0 Å². The van der Waals surface area contributed by atoms with Crippen LogP contribution in [0.25, 0.3) is 0 Å². The second-order valence-electron chi connectivity index (χ2n) is 3.49. The van der Waals surface area contributed by atoms with Gasteiger partial charge in [0, 0.05) is 11.6 Å². The second-order valence-corrected chi connectivity index (χ2v) is 3.49. The molecule has 0 aliphatic rings. The minimum absolute atomic E-state index is 0.323. The van der Waals surface area contributed by atoms with E-state index in [-0.39, 0.29) is 5.54 Å². The van der Waals surface area contributed by atoms with Gasteiger partial charge < -0.3 is 10.8 Å². The Kier molecular flexibility index (Phi) is 3.26. The van der Waals surface area contributed by atoms with Crippen LogP contribution in [0.1, 0.15) is 27.2 Å². The van der Waals surface area contributed by atoms with Crippen LogP contribution in [0.5, 0.6) is 0 Å². The van der Waals surface area contributed by atoms with Crippen molar-refractivity contribution in [2.75, 3.05) is 0 Å². The summed E-state index contributed by atoms with van der Waals surface area (Å²) in [6.07, 6.45) is 1.80. The molecule has 0 saturated carbocycles. The Morgan fingerprint density at radius 2 is 2.09 bits per heavy atom. The molecule has 64 valence electrons. The largest absolute Gasteiger partial charge is 0.478 e. The maximum Gasteiger partial charge on any atom is 0.328 e. The zero-order valence-corrected chi connectivity index (χ0v) is 7.22. The standard InChI is InChI=1S/C8H15NO2/c1-6(4-7(10)11)5-8(2,3)9/h4H,5,9H2,1-3H3,(H,10,11)/b6-4-. The van der Waals surface area contributed by atoms with Crippen molar-refractivity contribution in [1.82, 2.24) is 0 Å². The Bertz CT molecular complexity index is 177. The zero-order chi connectivity index (χ0) is 9.07. The van der Waals surface area contributed by atoms with Crippen molar-refractivity contribution in [1.29, 1.82) is 0 Å². The van der Waals surface area contributed by atoms with Crippen molar-refractivity contribution in [3.8, 4) is 0 Å². The molecule has 0 aliphatic carbocycles. The summed E-state index contributed by atoms with van der Waals surface area (Å²) in [4.78, 5) is 10.2. The average molecular weight is 157 g/mol. The average Bonchev–Trinajstić information content (AvgIpc) is 1.53. The van der Waals surface area contributed by atoms with Crippen molar-refractivity contribution < 1.29 is 9.90 Å². The fraction of sp³-hybridized carbons (Fsp3) is 0.625. The van der Waals surface area contributed by atoms with Gasteiger partial charge in [-0.1, -0.05) is 5.57 Å². The number of rotatable bonds is 3. The van der Waals surface area contributed by atoms with Gasteiger partial charge in [-0.05, 0) is 27.2 Å². The summed E-state index contributed by atoms with van der Waals surface area (Å²) in [5, 5.41) is 8.36. The van der Waals surface area contributed by atoms with Gasteiger partial charge in [0.25, 0.3) is 0 Å². The number of nitrogens with two attached hydrogens (primary N) is 1. The van der Waals surface area contributed by atoms with Crippen molar-refractivity contribution in [2.45, 2.75) is 32.7 Å². The number of carbonyl (C=O) groups is 1. The molecule has 0 bridgehead atoms. The maximum atomic E-state index is 10.2. The number of carboxylic acids is 1. The summed E-state index contributed by atoms with van der Waals surface area (Å²) in [5.74, 6) is -0.910. The fourth-order valence-electron chi connectivity index (χ4n) is 0.980. The lowest BCUT2D eigenvalue weighted by Gasteiger charge is -2.17. The molecule has 0 aromatic rings. The Balaban J connectivity index is 4.07. The highest BCUT2D eigenvalue weighted by molar-refractivity contribution is 5.80. The first-order valence-corrected chi connectivity index (χ1v) is 3.50. The minimum Gasteiger partial charge on any atom is -0.478 e. The Hall–Kier alpha value is -0.830. The van der Waals surface area contributed by atoms with Gasteiger partial charge in [0.15, 0.2) is 0 Å². The first-order chi connectivity index (χ1) is 4.81. The molecule has 0 amide bonds. The van der Waals surface area contributed by atoms with Crippen molar-refractivity contribution in [3.05, 3.63) is 11.6 Å². The summed E-state index contributed by atoms with van der Waals surface area (Å²) < 4.78 is 0. The van der Waals surface area contributed by atoms with E-state index in [1.54, 1.807) is 6.92 Å². The van der Waals surface area contributed by atoms with E-state index in [0.717, 1.165) is 5.57 Å². The molecule has 0 heterocycles. The highest BCUT2D eigenvalue weighted by Crippen LogP contribution is 2.11. The molecule has 0 radical (unpaired) electrons. The van der Waals surface area contributed by atoms with E-state index >= 15 is 0 Å². The van der Waals surface area contributed by atoms with Gasteiger partial charge in [-0.3, -0.25) is 0 Å². The van der Waals surface area contributed by atoms with Gasteiger partial charge in [-0.25, -0.2) is 4.79 Å². The van der Waals surface area contributed by atoms with E-state index in [9.17, 15) is 4.79 Å². The topological polar surface area (TPSA) is 63.3 Å². The lowest BCUT2D eigenvalue weighted by atomic mass is 9.97. The van der Waals surface area contributed by atoms with Gasteiger partial charge >= 0.3 is 5.97 Å². The quantitative estimate of drug-likeness (QED) is 0.604. The molecule has 11 heavy (non-hydrogen) atoms. The van der Waals surface area contributed by atoms with Gasteiger partial charge in [0.2, 0.25) is 0 Å². The number of hydrogen-bond acceptors (Lipinski definition) is 2. The molecular formula is C8H15NO2. The molecule has 0 rings (SSSR count). The van der Waals surface area contributed by atoms with E-state index in [0.29, 0.717) is 6.42 Å². The Morgan fingerprint density at radius 3 is 2.36 bits per heavy atom. The minimum atomic E-state index is -0.910. The summed E-state index contributed by atoms with van der Waals surface area (Å²) in [6.45, 7) is 5.50. The normalized spacial score (nSPS) is 13.3. The third kappa shape index (κ3) is 7.06. The van der Waals surface area contributed by atoms with Crippen LogP contribution < -0.4 is 5.73 Å². The highest BCUT2D eigenvalue weighted by atomic mass is 16.4. The van der Waals surface area contributed by atoms with Crippen LogP contribution in [0.15, 0.2) is 11.6 Å². The summed E-state index contributed by atoms with van der Waals surface area (Å²) in [5.41, 5.74) is 6.15. The van der Waals surface area contributed by atoms with Gasteiger partial charge in [-0.2, -0.15) is 0 Å². The Morgan fingerprint density at radius 1 is 1.64 bits per heavy atom. The predicted octanol–water partition coefficient (Wildman–Crippen LogP) is 1.14. The first-order valence-electron chi connectivity index (χ1n) is 3.50. The van der Waals surface area contributed by atoms with Crippen LogP contribution in [-0.4, -0.2) is 16.6 Å². The molecule has 0 saturated heterocycles. The van der Waals surface area contributed by atoms with Gasteiger partial charge in [0.1, 0.15) is 0 Å². The van der Waals surface area contributed by atoms with Crippen LogP contribution in [0.3, 0.4) is 0 Å². The molecule has 0 unspecified atom stereocenters. The zero-order valence-electron chi connectivity index (χ0n) is 7.22. The van der Waals surface area contributed by atoms with E-state index in [4.69, 9.17) is 10.8 Å². The molecule has 0 atom stereocenters. The molecule has 3 heteroatoms. The lowest BCUT2D eigenvalue weighted by Crippen LogP contribution is -2.31.